The molecule has 0 unspecified atom stereocenters. The van der Waals surface area contributed by atoms with E-state index in [1.807, 2.05) is 25.6 Å². The van der Waals surface area contributed by atoms with E-state index >= 15 is 0 Å². The van der Waals surface area contributed by atoms with Crippen molar-refractivity contribution in [2.24, 2.45) is 0 Å². The smallest absolute Gasteiger partial charge is 0.105 e. The highest BCUT2D eigenvalue weighted by Crippen LogP contribution is 2.18. The highest BCUT2D eigenvalue weighted by Gasteiger charge is 2.05. The van der Waals surface area contributed by atoms with Gasteiger partial charge >= 0.3 is 0 Å². The second-order valence-electron chi connectivity index (χ2n) is 5.62. The lowest BCUT2D eigenvalue weighted by Gasteiger charge is -2.08. The Hall–Kier alpha value is -2.36. The molecule has 4 nitrogen and oxygen atoms in total. The summed E-state index contributed by atoms with van der Waals surface area (Å²) in [5.41, 5.74) is 3.53. The number of hydrogen-bond donors (Lipinski definition) is 0. The third kappa shape index (κ3) is 2.89. The number of imidazole rings is 2. The Labute approximate surface area is 125 Å². The Balaban J connectivity index is 1.85. The van der Waals surface area contributed by atoms with E-state index in [4.69, 9.17) is 0 Å². The van der Waals surface area contributed by atoms with Gasteiger partial charge in [0.1, 0.15) is 5.82 Å². The summed E-state index contributed by atoms with van der Waals surface area (Å²) in [4.78, 5) is 8.73. The second-order valence-corrected chi connectivity index (χ2v) is 5.62. The molecule has 0 aliphatic heterocycles. The first-order valence-corrected chi connectivity index (χ1v) is 7.24. The van der Waals surface area contributed by atoms with Crippen LogP contribution in [-0.4, -0.2) is 19.1 Å². The average molecular weight is 280 g/mol. The maximum Gasteiger partial charge on any atom is 0.105 e. The fraction of sp³-hybridized carbons (Fsp3) is 0.294. The van der Waals surface area contributed by atoms with Crippen molar-refractivity contribution in [3.63, 3.8) is 0 Å². The normalized spacial score (nSPS) is 11.2. The quantitative estimate of drug-likeness (QED) is 0.732. The van der Waals surface area contributed by atoms with Crippen LogP contribution in [0.3, 0.4) is 0 Å². The number of aryl methyl sites for hydroxylation is 1. The monoisotopic (exact) mass is 280 g/mol. The summed E-state index contributed by atoms with van der Waals surface area (Å²) in [7, 11) is 0. The lowest BCUT2D eigenvalue weighted by molar-refractivity contribution is 0.746. The van der Waals surface area contributed by atoms with Crippen LogP contribution < -0.4 is 0 Å². The van der Waals surface area contributed by atoms with Crippen molar-refractivity contribution < 1.29 is 0 Å². The summed E-state index contributed by atoms with van der Waals surface area (Å²) in [6.07, 6.45) is 7.76. The van der Waals surface area contributed by atoms with E-state index < -0.39 is 0 Å². The third-order valence-corrected chi connectivity index (χ3v) is 3.73. The predicted molar refractivity (Wildman–Crippen MR) is 83.7 cm³/mol. The highest BCUT2D eigenvalue weighted by molar-refractivity contribution is 5.37. The summed E-state index contributed by atoms with van der Waals surface area (Å²) >= 11 is 0. The number of aromatic nitrogens is 4. The Morgan fingerprint density at radius 1 is 1.19 bits per heavy atom. The summed E-state index contributed by atoms with van der Waals surface area (Å²) < 4.78 is 4.17. The lowest BCUT2D eigenvalue weighted by atomic mass is 10.0. The zero-order valence-corrected chi connectivity index (χ0v) is 12.7. The van der Waals surface area contributed by atoms with Gasteiger partial charge in [0.15, 0.2) is 0 Å². The van der Waals surface area contributed by atoms with Gasteiger partial charge < -0.3 is 9.13 Å². The molecule has 0 aliphatic rings. The molecule has 2 heterocycles. The van der Waals surface area contributed by atoms with Crippen molar-refractivity contribution in [3.05, 3.63) is 66.3 Å². The van der Waals surface area contributed by atoms with E-state index in [0.717, 1.165) is 23.8 Å². The van der Waals surface area contributed by atoms with E-state index in [1.165, 1.54) is 5.56 Å². The summed E-state index contributed by atoms with van der Waals surface area (Å²) in [6, 6.07) is 8.60. The van der Waals surface area contributed by atoms with Gasteiger partial charge in [-0.15, -0.1) is 0 Å². The van der Waals surface area contributed by atoms with Gasteiger partial charge in [-0.3, -0.25) is 0 Å². The van der Waals surface area contributed by atoms with Crippen LogP contribution in [0.1, 0.15) is 36.8 Å². The molecule has 4 heteroatoms. The van der Waals surface area contributed by atoms with Gasteiger partial charge in [-0.25, -0.2) is 9.97 Å². The van der Waals surface area contributed by atoms with Crippen molar-refractivity contribution >= 4 is 0 Å². The second kappa shape index (κ2) is 5.56. The third-order valence-electron chi connectivity index (χ3n) is 3.73. The Bertz CT molecular complexity index is 737. The molecular formula is C17H20N4. The zero-order chi connectivity index (χ0) is 14.8. The van der Waals surface area contributed by atoms with Crippen molar-refractivity contribution in [3.8, 4) is 5.69 Å². The molecule has 1 aromatic carbocycles. The average Bonchev–Trinajstić information content (AvgIpc) is 3.10. The van der Waals surface area contributed by atoms with E-state index in [1.54, 1.807) is 0 Å². The highest BCUT2D eigenvalue weighted by atomic mass is 15.1. The standard InChI is InChI=1S/C17H20N4/c1-13(2)15-5-4-6-17(9-15)21-11-16(19-12-21)10-20-8-7-18-14(20)3/h4-9,11-13H,10H2,1-3H3. The van der Waals surface area contributed by atoms with Gasteiger partial charge in [-0.2, -0.15) is 0 Å². The van der Waals surface area contributed by atoms with Gasteiger partial charge in [-0.05, 0) is 30.5 Å². The molecule has 0 aliphatic carbocycles. The van der Waals surface area contributed by atoms with Gasteiger partial charge in [-0.1, -0.05) is 26.0 Å². The van der Waals surface area contributed by atoms with Crippen LogP contribution in [0.4, 0.5) is 0 Å². The lowest BCUT2D eigenvalue weighted by Crippen LogP contribution is -2.01. The first-order chi connectivity index (χ1) is 10.1. The molecule has 0 saturated carbocycles. The first kappa shape index (κ1) is 13.6. The maximum absolute atomic E-state index is 4.50. The summed E-state index contributed by atoms with van der Waals surface area (Å²) in [6.45, 7) is 7.17. The van der Waals surface area contributed by atoms with Crippen LogP contribution >= 0.6 is 0 Å². The molecule has 0 atom stereocenters. The van der Waals surface area contributed by atoms with Crippen molar-refractivity contribution in [1.29, 1.82) is 0 Å². The van der Waals surface area contributed by atoms with E-state index in [9.17, 15) is 0 Å². The minimum atomic E-state index is 0.529. The van der Waals surface area contributed by atoms with Crippen LogP contribution in [0.25, 0.3) is 5.69 Å². The van der Waals surface area contributed by atoms with Crippen LogP contribution in [0, 0.1) is 6.92 Å². The van der Waals surface area contributed by atoms with Gasteiger partial charge in [0.05, 0.1) is 18.6 Å². The van der Waals surface area contributed by atoms with E-state index in [-0.39, 0.29) is 0 Å². The van der Waals surface area contributed by atoms with Crippen molar-refractivity contribution in [2.45, 2.75) is 33.2 Å². The molecule has 3 rings (SSSR count). The predicted octanol–water partition coefficient (Wildman–Crippen LogP) is 3.55. The van der Waals surface area contributed by atoms with Gasteiger partial charge in [0.25, 0.3) is 0 Å². The Morgan fingerprint density at radius 3 is 2.76 bits per heavy atom. The topological polar surface area (TPSA) is 35.6 Å². The largest absolute Gasteiger partial charge is 0.329 e. The van der Waals surface area contributed by atoms with E-state index in [2.05, 4.69) is 63.4 Å². The molecule has 108 valence electrons. The number of rotatable bonds is 4. The van der Waals surface area contributed by atoms with Crippen molar-refractivity contribution in [1.82, 2.24) is 19.1 Å². The van der Waals surface area contributed by atoms with Gasteiger partial charge in [0, 0.05) is 24.3 Å². The zero-order valence-electron chi connectivity index (χ0n) is 12.7. The molecule has 3 aromatic rings. The molecular weight excluding hydrogens is 260 g/mol. The SMILES string of the molecule is Cc1nccn1Cc1cn(-c2cccc(C(C)C)c2)cn1. The maximum atomic E-state index is 4.50. The Morgan fingerprint density at radius 2 is 2.05 bits per heavy atom. The minimum absolute atomic E-state index is 0.529. The van der Waals surface area contributed by atoms with Crippen molar-refractivity contribution in [2.75, 3.05) is 0 Å². The summed E-state index contributed by atoms with van der Waals surface area (Å²) in [5.74, 6) is 1.54. The number of benzene rings is 1. The molecule has 21 heavy (non-hydrogen) atoms. The van der Waals surface area contributed by atoms with Crippen LogP contribution in [0.15, 0.2) is 49.2 Å². The first-order valence-electron chi connectivity index (χ1n) is 7.24. The molecule has 0 amide bonds. The molecule has 0 saturated heterocycles. The molecule has 0 radical (unpaired) electrons. The molecule has 0 N–H and O–H groups in total. The van der Waals surface area contributed by atoms with Crippen LogP contribution in [0.5, 0.6) is 0 Å². The Kier molecular flexibility index (Phi) is 3.60. The van der Waals surface area contributed by atoms with Crippen LogP contribution in [-0.2, 0) is 6.54 Å². The molecule has 0 spiro atoms. The van der Waals surface area contributed by atoms with Gasteiger partial charge in [0.2, 0.25) is 0 Å². The minimum Gasteiger partial charge on any atom is -0.329 e. The fourth-order valence-corrected chi connectivity index (χ4v) is 2.38. The van der Waals surface area contributed by atoms with Crippen LogP contribution in [0.2, 0.25) is 0 Å². The fourth-order valence-electron chi connectivity index (χ4n) is 2.38. The number of hydrogen-bond acceptors (Lipinski definition) is 2. The molecule has 0 bridgehead atoms. The van der Waals surface area contributed by atoms with E-state index in [0.29, 0.717) is 5.92 Å². The molecule has 2 aromatic heterocycles. The molecule has 0 fully saturated rings. The summed E-state index contributed by atoms with van der Waals surface area (Å²) in [5, 5.41) is 0. The number of nitrogens with zero attached hydrogens (tertiary/aromatic N) is 4.